The van der Waals surface area contributed by atoms with Crippen LogP contribution in [-0.2, 0) is 0 Å². The van der Waals surface area contributed by atoms with E-state index in [1.807, 2.05) is 29.2 Å². The molecule has 1 saturated heterocycles. The van der Waals surface area contributed by atoms with Crippen molar-refractivity contribution in [2.24, 2.45) is 0 Å². The van der Waals surface area contributed by atoms with Crippen molar-refractivity contribution < 1.29 is 14.1 Å². The predicted octanol–water partition coefficient (Wildman–Crippen LogP) is 2.61. The molecular formula is C17H22N4O3. The van der Waals surface area contributed by atoms with Crippen LogP contribution < -0.4 is 4.74 Å². The van der Waals surface area contributed by atoms with Gasteiger partial charge in [0.15, 0.2) is 0 Å². The van der Waals surface area contributed by atoms with Crippen molar-refractivity contribution in [1.29, 1.82) is 0 Å². The van der Waals surface area contributed by atoms with Crippen LogP contribution in [0.3, 0.4) is 0 Å². The highest BCUT2D eigenvalue weighted by atomic mass is 16.5. The minimum absolute atomic E-state index is 0.0536. The number of rotatable bonds is 3. The number of urea groups is 1. The quantitative estimate of drug-likeness (QED) is 0.865. The molecule has 2 heterocycles. The number of amides is 2. The topological polar surface area (TPSA) is 71.7 Å². The normalized spacial score (nSPS) is 15.4. The minimum atomic E-state index is 0.0536. The molecule has 0 N–H and O–H groups in total. The number of carbonyl (C=O) groups is 1. The summed E-state index contributed by atoms with van der Waals surface area (Å²) in [6, 6.07) is 7.61. The number of nitrogens with zero attached hydrogens (tertiary/aromatic N) is 4. The Morgan fingerprint density at radius 3 is 2.50 bits per heavy atom. The van der Waals surface area contributed by atoms with Crippen LogP contribution in [-0.4, -0.2) is 60.3 Å². The van der Waals surface area contributed by atoms with Crippen molar-refractivity contribution in [3.8, 4) is 17.1 Å². The number of piperidine rings is 1. The van der Waals surface area contributed by atoms with Crippen molar-refractivity contribution >= 4 is 6.03 Å². The Labute approximate surface area is 141 Å². The first-order valence-electron chi connectivity index (χ1n) is 8.02. The zero-order chi connectivity index (χ0) is 17.1. The molecule has 3 rings (SSSR count). The maximum Gasteiger partial charge on any atom is 0.319 e. The summed E-state index contributed by atoms with van der Waals surface area (Å²) in [5, 5.41) is 4.08. The largest absolute Gasteiger partial charge is 0.497 e. The molecule has 0 unspecified atom stereocenters. The smallest absolute Gasteiger partial charge is 0.319 e. The lowest BCUT2D eigenvalue weighted by Gasteiger charge is -2.32. The number of hydrogen-bond acceptors (Lipinski definition) is 5. The van der Waals surface area contributed by atoms with E-state index in [9.17, 15) is 4.79 Å². The first kappa shape index (κ1) is 16.3. The van der Waals surface area contributed by atoms with E-state index in [0.717, 1.165) is 24.2 Å². The first-order chi connectivity index (χ1) is 11.6. The molecule has 0 radical (unpaired) electrons. The molecule has 128 valence electrons. The molecule has 7 nitrogen and oxygen atoms in total. The Kier molecular flexibility index (Phi) is 4.69. The van der Waals surface area contributed by atoms with E-state index in [1.54, 1.807) is 26.1 Å². The second-order valence-corrected chi connectivity index (χ2v) is 6.12. The number of aromatic nitrogens is 2. The second-order valence-electron chi connectivity index (χ2n) is 6.12. The van der Waals surface area contributed by atoms with Crippen LogP contribution in [0.2, 0.25) is 0 Å². The molecular weight excluding hydrogens is 308 g/mol. The van der Waals surface area contributed by atoms with Crippen LogP contribution in [0.4, 0.5) is 4.79 Å². The van der Waals surface area contributed by atoms with E-state index >= 15 is 0 Å². The zero-order valence-corrected chi connectivity index (χ0v) is 14.2. The Morgan fingerprint density at radius 1 is 1.25 bits per heavy atom. The number of carbonyl (C=O) groups excluding carboxylic acids is 1. The highest BCUT2D eigenvalue weighted by Gasteiger charge is 2.28. The number of likely N-dealkylation sites (tertiary alicyclic amines) is 1. The lowest BCUT2D eigenvalue weighted by atomic mass is 9.97. The highest BCUT2D eigenvalue weighted by Crippen LogP contribution is 2.29. The van der Waals surface area contributed by atoms with Gasteiger partial charge in [0.05, 0.1) is 7.11 Å². The van der Waals surface area contributed by atoms with Crippen LogP contribution >= 0.6 is 0 Å². The summed E-state index contributed by atoms with van der Waals surface area (Å²) < 4.78 is 10.6. The summed E-state index contributed by atoms with van der Waals surface area (Å²) in [5.74, 6) is 2.23. The van der Waals surface area contributed by atoms with Gasteiger partial charge in [-0.2, -0.15) is 4.98 Å². The number of methoxy groups -OCH3 is 1. The Hall–Kier alpha value is -2.57. The van der Waals surface area contributed by atoms with Gasteiger partial charge >= 0.3 is 6.03 Å². The molecule has 1 aromatic carbocycles. The van der Waals surface area contributed by atoms with Crippen LogP contribution in [0, 0.1) is 0 Å². The molecule has 7 heteroatoms. The van der Waals surface area contributed by atoms with Gasteiger partial charge in [0.25, 0.3) is 0 Å². The van der Waals surface area contributed by atoms with Gasteiger partial charge in [0.1, 0.15) is 5.75 Å². The van der Waals surface area contributed by atoms with E-state index in [4.69, 9.17) is 9.26 Å². The zero-order valence-electron chi connectivity index (χ0n) is 14.2. The summed E-state index contributed by atoms with van der Waals surface area (Å²) in [4.78, 5) is 20.0. The maximum atomic E-state index is 12.0. The molecule has 24 heavy (non-hydrogen) atoms. The maximum absolute atomic E-state index is 12.0. The van der Waals surface area contributed by atoms with Crippen LogP contribution in [0.1, 0.15) is 24.7 Å². The Bertz CT molecular complexity index is 688. The predicted molar refractivity (Wildman–Crippen MR) is 88.9 cm³/mol. The highest BCUT2D eigenvalue weighted by molar-refractivity contribution is 5.73. The number of ether oxygens (including phenoxy) is 1. The molecule has 0 atom stereocenters. The molecule has 1 fully saturated rings. The molecule has 0 saturated carbocycles. The van der Waals surface area contributed by atoms with Crippen molar-refractivity contribution in [1.82, 2.24) is 19.9 Å². The first-order valence-corrected chi connectivity index (χ1v) is 8.02. The van der Waals surface area contributed by atoms with E-state index in [-0.39, 0.29) is 11.9 Å². The van der Waals surface area contributed by atoms with E-state index in [2.05, 4.69) is 10.1 Å². The Balaban J connectivity index is 1.65. The van der Waals surface area contributed by atoms with Crippen molar-refractivity contribution in [2.45, 2.75) is 18.8 Å². The average molecular weight is 330 g/mol. The van der Waals surface area contributed by atoms with Gasteiger partial charge in [-0.1, -0.05) is 5.16 Å². The van der Waals surface area contributed by atoms with Crippen molar-refractivity contribution in [2.75, 3.05) is 34.3 Å². The molecule has 0 bridgehead atoms. The molecule has 2 aromatic rings. The molecule has 0 spiro atoms. The Morgan fingerprint density at radius 2 is 1.92 bits per heavy atom. The van der Waals surface area contributed by atoms with Gasteiger partial charge in [-0.15, -0.1) is 0 Å². The fraction of sp³-hybridized carbons (Fsp3) is 0.471. The number of benzene rings is 1. The summed E-state index contributed by atoms with van der Waals surface area (Å²) in [6.45, 7) is 1.42. The van der Waals surface area contributed by atoms with Crippen LogP contribution in [0.15, 0.2) is 28.8 Å². The van der Waals surface area contributed by atoms with Gasteiger partial charge in [-0.25, -0.2) is 4.79 Å². The second kappa shape index (κ2) is 6.90. The fourth-order valence-electron chi connectivity index (χ4n) is 2.86. The fourth-order valence-corrected chi connectivity index (χ4v) is 2.86. The SMILES string of the molecule is COc1ccc(-c2noc(C3CCN(C(=O)N(C)C)CC3)n2)cc1. The summed E-state index contributed by atoms with van der Waals surface area (Å²) >= 11 is 0. The molecule has 1 aromatic heterocycles. The third-order valence-corrected chi connectivity index (χ3v) is 4.29. The van der Waals surface area contributed by atoms with Crippen LogP contribution in [0.5, 0.6) is 5.75 Å². The lowest BCUT2D eigenvalue weighted by Crippen LogP contribution is -2.43. The average Bonchev–Trinajstić information content (AvgIpc) is 3.11. The number of hydrogen-bond donors (Lipinski definition) is 0. The molecule has 0 aliphatic carbocycles. The van der Waals surface area contributed by atoms with Gasteiger partial charge in [-0.05, 0) is 37.1 Å². The van der Waals surface area contributed by atoms with E-state index in [0.29, 0.717) is 24.8 Å². The summed E-state index contributed by atoms with van der Waals surface area (Å²) in [6.07, 6.45) is 1.67. The summed E-state index contributed by atoms with van der Waals surface area (Å²) in [5.41, 5.74) is 0.894. The van der Waals surface area contributed by atoms with Gasteiger partial charge in [0.2, 0.25) is 11.7 Å². The standard InChI is InChI=1S/C17H22N4O3/c1-20(2)17(22)21-10-8-13(9-11-21)16-18-15(19-24-16)12-4-6-14(23-3)7-5-12/h4-7,13H,8-11H2,1-3H3. The van der Waals surface area contributed by atoms with Crippen molar-refractivity contribution in [3.63, 3.8) is 0 Å². The molecule has 1 aliphatic heterocycles. The van der Waals surface area contributed by atoms with E-state index in [1.165, 1.54) is 0 Å². The molecule has 2 amide bonds. The van der Waals surface area contributed by atoms with Gasteiger partial charge in [0, 0.05) is 38.7 Å². The lowest BCUT2D eigenvalue weighted by molar-refractivity contribution is 0.152. The van der Waals surface area contributed by atoms with Crippen molar-refractivity contribution in [3.05, 3.63) is 30.2 Å². The van der Waals surface area contributed by atoms with Crippen LogP contribution in [0.25, 0.3) is 11.4 Å². The minimum Gasteiger partial charge on any atom is -0.497 e. The monoisotopic (exact) mass is 330 g/mol. The van der Waals surface area contributed by atoms with Gasteiger partial charge < -0.3 is 19.1 Å². The molecule has 1 aliphatic rings. The third kappa shape index (κ3) is 3.34. The summed E-state index contributed by atoms with van der Waals surface area (Å²) in [7, 11) is 5.18. The van der Waals surface area contributed by atoms with Gasteiger partial charge in [-0.3, -0.25) is 0 Å². The third-order valence-electron chi connectivity index (χ3n) is 4.29. The van der Waals surface area contributed by atoms with E-state index < -0.39 is 0 Å².